The molecule has 1 aliphatic heterocycles. The van der Waals surface area contributed by atoms with Crippen LogP contribution in [0.1, 0.15) is 11.6 Å². The van der Waals surface area contributed by atoms with Crippen LogP contribution in [-0.2, 0) is 4.74 Å². The first-order chi connectivity index (χ1) is 6.36. The lowest BCUT2D eigenvalue weighted by Gasteiger charge is -2.24. The van der Waals surface area contributed by atoms with Crippen molar-refractivity contribution in [2.45, 2.75) is 6.04 Å². The van der Waals surface area contributed by atoms with Crippen molar-refractivity contribution >= 4 is 11.6 Å². The van der Waals surface area contributed by atoms with Gasteiger partial charge >= 0.3 is 0 Å². The van der Waals surface area contributed by atoms with Crippen molar-refractivity contribution in [1.82, 2.24) is 5.32 Å². The second-order valence-corrected chi connectivity index (χ2v) is 3.57. The molecular formula is C10H12ClNO. The smallest absolute Gasteiger partial charge is 0.0662 e. The standard InChI is InChI=1S/C10H12ClNO/c11-9-3-1-8(2-4-9)10-7-13-6-5-12-10/h1-4,10,12H,5-7H2. The first-order valence-electron chi connectivity index (χ1n) is 4.43. The number of hydrogen-bond acceptors (Lipinski definition) is 2. The van der Waals surface area contributed by atoms with Crippen molar-refractivity contribution in [1.29, 1.82) is 0 Å². The fraction of sp³-hybridized carbons (Fsp3) is 0.400. The summed E-state index contributed by atoms with van der Waals surface area (Å²) in [5.74, 6) is 0. The average molecular weight is 198 g/mol. The lowest BCUT2D eigenvalue weighted by atomic mass is 10.1. The molecule has 0 saturated carbocycles. The number of nitrogens with one attached hydrogen (secondary N) is 1. The summed E-state index contributed by atoms with van der Waals surface area (Å²) < 4.78 is 5.37. The Morgan fingerprint density at radius 3 is 2.69 bits per heavy atom. The highest BCUT2D eigenvalue weighted by atomic mass is 35.5. The van der Waals surface area contributed by atoms with Crippen LogP contribution in [0, 0.1) is 0 Å². The van der Waals surface area contributed by atoms with Gasteiger partial charge in [-0.1, -0.05) is 23.7 Å². The van der Waals surface area contributed by atoms with Crippen LogP contribution in [0.5, 0.6) is 0 Å². The van der Waals surface area contributed by atoms with Crippen LogP contribution in [0.2, 0.25) is 5.02 Å². The molecule has 0 spiro atoms. The van der Waals surface area contributed by atoms with E-state index in [1.165, 1.54) is 5.56 Å². The van der Waals surface area contributed by atoms with Gasteiger partial charge in [-0.3, -0.25) is 0 Å². The fourth-order valence-electron chi connectivity index (χ4n) is 1.47. The molecule has 0 aliphatic carbocycles. The van der Waals surface area contributed by atoms with Crippen molar-refractivity contribution in [2.75, 3.05) is 19.8 Å². The third-order valence-electron chi connectivity index (χ3n) is 2.19. The molecule has 0 radical (unpaired) electrons. The quantitative estimate of drug-likeness (QED) is 0.744. The normalized spacial score (nSPS) is 23.0. The monoisotopic (exact) mass is 197 g/mol. The Hall–Kier alpha value is -0.570. The van der Waals surface area contributed by atoms with Gasteiger partial charge in [0.1, 0.15) is 0 Å². The number of ether oxygens (including phenoxy) is 1. The van der Waals surface area contributed by atoms with Crippen molar-refractivity contribution in [2.24, 2.45) is 0 Å². The Kier molecular flexibility index (Phi) is 2.83. The molecule has 1 N–H and O–H groups in total. The Balaban J connectivity index is 2.10. The summed E-state index contributed by atoms with van der Waals surface area (Å²) in [6.45, 7) is 2.49. The van der Waals surface area contributed by atoms with E-state index in [0.717, 1.165) is 24.8 Å². The molecule has 0 amide bonds. The molecule has 1 unspecified atom stereocenters. The molecule has 70 valence electrons. The lowest BCUT2D eigenvalue weighted by molar-refractivity contribution is 0.0769. The van der Waals surface area contributed by atoms with E-state index >= 15 is 0 Å². The van der Waals surface area contributed by atoms with Gasteiger partial charge in [-0.25, -0.2) is 0 Å². The highest BCUT2D eigenvalue weighted by Gasteiger charge is 2.14. The minimum absolute atomic E-state index is 0.325. The topological polar surface area (TPSA) is 21.3 Å². The molecule has 1 aliphatic rings. The summed E-state index contributed by atoms with van der Waals surface area (Å²) in [6.07, 6.45) is 0. The van der Waals surface area contributed by atoms with Gasteiger partial charge in [0.15, 0.2) is 0 Å². The van der Waals surface area contributed by atoms with E-state index in [0.29, 0.717) is 6.04 Å². The second-order valence-electron chi connectivity index (χ2n) is 3.13. The first kappa shape index (κ1) is 9.00. The van der Waals surface area contributed by atoms with Gasteiger partial charge in [-0.05, 0) is 17.7 Å². The first-order valence-corrected chi connectivity index (χ1v) is 4.80. The average Bonchev–Trinajstić information content (AvgIpc) is 2.20. The summed E-state index contributed by atoms with van der Waals surface area (Å²) in [4.78, 5) is 0. The molecule has 1 heterocycles. The van der Waals surface area contributed by atoms with Gasteiger partial charge in [-0.15, -0.1) is 0 Å². The Morgan fingerprint density at radius 2 is 2.08 bits per heavy atom. The molecule has 2 nitrogen and oxygen atoms in total. The molecule has 3 heteroatoms. The number of halogens is 1. The summed E-state index contributed by atoms with van der Waals surface area (Å²) in [6, 6.07) is 8.22. The van der Waals surface area contributed by atoms with Gasteiger partial charge in [0, 0.05) is 11.6 Å². The lowest BCUT2D eigenvalue weighted by Crippen LogP contribution is -2.34. The van der Waals surface area contributed by atoms with E-state index < -0.39 is 0 Å². The van der Waals surface area contributed by atoms with Crippen LogP contribution < -0.4 is 5.32 Å². The van der Waals surface area contributed by atoms with Crippen molar-refractivity contribution in [3.8, 4) is 0 Å². The highest BCUT2D eigenvalue weighted by Crippen LogP contribution is 2.18. The van der Waals surface area contributed by atoms with Gasteiger partial charge < -0.3 is 10.1 Å². The molecule has 1 atom stereocenters. The molecule has 0 aromatic heterocycles. The van der Waals surface area contributed by atoms with Crippen LogP contribution in [0.15, 0.2) is 24.3 Å². The van der Waals surface area contributed by atoms with E-state index in [-0.39, 0.29) is 0 Å². The maximum Gasteiger partial charge on any atom is 0.0662 e. The SMILES string of the molecule is Clc1ccc(C2COCCN2)cc1. The zero-order chi connectivity index (χ0) is 9.10. The number of hydrogen-bond donors (Lipinski definition) is 1. The zero-order valence-corrected chi connectivity index (χ0v) is 8.05. The number of morpholine rings is 1. The third kappa shape index (κ3) is 2.21. The van der Waals surface area contributed by atoms with E-state index in [2.05, 4.69) is 5.32 Å². The van der Waals surface area contributed by atoms with Crippen LogP contribution in [0.25, 0.3) is 0 Å². The predicted molar refractivity (Wildman–Crippen MR) is 53.0 cm³/mol. The molecule has 13 heavy (non-hydrogen) atoms. The second kappa shape index (κ2) is 4.09. The fourth-order valence-corrected chi connectivity index (χ4v) is 1.60. The number of benzene rings is 1. The maximum atomic E-state index is 5.80. The highest BCUT2D eigenvalue weighted by molar-refractivity contribution is 6.30. The summed E-state index contributed by atoms with van der Waals surface area (Å²) in [5.41, 5.74) is 1.24. The van der Waals surface area contributed by atoms with Crippen LogP contribution in [0.3, 0.4) is 0 Å². The van der Waals surface area contributed by atoms with Crippen molar-refractivity contribution in [3.05, 3.63) is 34.9 Å². The van der Waals surface area contributed by atoms with Crippen molar-refractivity contribution in [3.63, 3.8) is 0 Å². The molecule has 0 bridgehead atoms. The molecule has 1 aromatic rings. The molecule has 1 saturated heterocycles. The van der Waals surface area contributed by atoms with Crippen LogP contribution in [0.4, 0.5) is 0 Å². The Bertz CT molecular complexity index is 267. The van der Waals surface area contributed by atoms with Crippen LogP contribution >= 0.6 is 11.6 Å². The Morgan fingerprint density at radius 1 is 1.31 bits per heavy atom. The van der Waals surface area contributed by atoms with Gasteiger partial charge in [-0.2, -0.15) is 0 Å². The van der Waals surface area contributed by atoms with Gasteiger partial charge in [0.2, 0.25) is 0 Å². The largest absolute Gasteiger partial charge is 0.378 e. The predicted octanol–water partition coefficient (Wildman–Crippen LogP) is 2.00. The summed E-state index contributed by atoms with van der Waals surface area (Å²) in [7, 11) is 0. The zero-order valence-electron chi connectivity index (χ0n) is 7.29. The summed E-state index contributed by atoms with van der Waals surface area (Å²) in [5, 5.41) is 4.16. The minimum atomic E-state index is 0.325. The maximum absolute atomic E-state index is 5.80. The van der Waals surface area contributed by atoms with E-state index in [1.54, 1.807) is 0 Å². The Labute approximate surface area is 82.9 Å². The van der Waals surface area contributed by atoms with Gasteiger partial charge in [0.05, 0.1) is 19.3 Å². The molecule has 1 fully saturated rings. The number of rotatable bonds is 1. The molecular weight excluding hydrogens is 186 g/mol. The van der Waals surface area contributed by atoms with E-state index in [9.17, 15) is 0 Å². The van der Waals surface area contributed by atoms with E-state index in [1.807, 2.05) is 24.3 Å². The van der Waals surface area contributed by atoms with Crippen LogP contribution in [-0.4, -0.2) is 19.8 Å². The summed E-state index contributed by atoms with van der Waals surface area (Å²) >= 11 is 5.80. The minimum Gasteiger partial charge on any atom is -0.378 e. The molecule has 2 rings (SSSR count). The molecule has 1 aromatic carbocycles. The third-order valence-corrected chi connectivity index (χ3v) is 2.45. The van der Waals surface area contributed by atoms with Crippen molar-refractivity contribution < 1.29 is 4.74 Å². The van der Waals surface area contributed by atoms with E-state index in [4.69, 9.17) is 16.3 Å². The van der Waals surface area contributed by atoms with Gasteiger partial charge in [0.25, 0.3) is 0 Å².